The quantitative estimate of drug-likeness (QED) is 0.580. The van der Waals surface area contributed by atoms with Gasteiger partial charge in [-0.25, -0.2) is 0 Å². The van der Waals surface area contributed by atoms with Crippen LogP contribution in [0.3, 0.4) is 0 Å². The van der Waals surface area contributed by atoms with Gasteiger partial charge in [0.05, 0.1) is 18.3 Å². The Hall–Kier alpha value is -0.690. The lowest BCUT2D eigenvalue weighted by atomic mass is 9.85. The van der Waals surface area contributed by atoms with Crippen LogP contribution in [-0.4, -0.2) is 55.5 Å². The molecule has 29 heavy (non-hydrogen) atoms. The molecule has 0 aromatic carbocycles. The van der Waals surface area contributed by atoms with Crippen molar-refractivity contribution in [3.05, 3.63) is 0 Å². The molecule has 6 atom stereocenters. The molecule has 0 aromatic rings. The maximum Gasteiger partial charge on any atom is 0.306 e. The number of ether oxygens (including phenoxy) is 4. The van der Waals surface area contributed by atoms with E-state index in [-0.39, 0.29) is 37.2 Å². The molecular formula is C23H40O6. The molecular weight excluding hydrogens is 372 g/mol. The van der Waals surface area contributed by atoms with E-state index in [1.54, 1.807) is 0 Å². The molecule has 2 saturated heterocycles. The van der Waals surface area contributed by atoms with E-state index in [4.69, 9.17) is 18.9 Å². The molecule has 2 heterocycles. The highest BCUT2D eigenvalue weighted by atomic mass is 16.7. The Bertz CT molecular complexity index is 490. The summed E-state index contributed by atoms with van der Waals surface area (Å²) >= 11 is 0. The predicted octanol–water partition coefficient (Wildman–Crippen LogP) is 3.83. The van der Waals surface area contributed by atoms with Gasteiger partial charge in [-0.15, -0.1) is 0 Å². The standard InChI is InChI=1S/C23H40O6/c1-16(2)28-22(25)7-5-6-17-9-10-18-19(11-12-24)21(14-20(18)27-15-17)29-23-8-3-4-13-26-23/h16-21,23-24H,3-15H2,1-2H3/t17-,18+,19+,20-,21+,23?/m0/s1. The molecule has 2 aliphatic heterocycles. The Labute approximate surface area is 175 Å². The molecule has 1 aliphatic carbocycles. The van der Waals surface area contributed by atoms with Crippen LogP contribution in [0.4, 0.5) is 0 Å². The van der Waals surface area contributed by atoms with Gasteiger partial charge in [0, 0.05) is 32.7 Å². The summed E-state index contributed by atoms with van der Waals surface area (Å²) in [4.78, 5) is 11.7. The molecule has 1 saturated carbocycles. The first-order valence-corrected chi connectivity index (χ1v) is 11.8. The Balaban J connectivity index is 1.46. The number of hydrogen-bond donors (Lipinski definition) is 1. The Morgan fingerprint density at radius 1 is 1.14 bits per heavy atom. The second kappa shape index (κ2) is 11.6. The van der Waals surface area contributed by atoms with Gasteiger partial charge in [0.1, 0.15) is 0 Å². The molecule has 3 fully saturated rings. The molecule has 0 amide bonds. The number of aliphatic hydroxyl groups excluding tert-OH is 1. The molecule has 6 heteroatoms. The van der Waals surface area contributed by atoms with Gasteiger partial charge in [0.15, 0.2) is 6.29 Å². The largest absolute Gasteiger partial charge is 0.463 e. The fourth-order valence-electron chi connectivity index (χ4n) is 5.30. The summed E-state index contributed by atoms with van der Waals surface area (Å²) in [6, 6.07) is 0. The van der Waals surface area contributed by atoms with Crippen LogP contribution in [0.5, 0.6) is 0 Å². The maximum atomic E-state index is 11.7. The minimum atomic E-state index is -0.0978. The average Bonchev–Trinajstić information content (AvgIpc) is 2.87. The molecule has 0 spiro atoms. The third-order valence-corrected chi connectivity index (χ3v) is 6.71. The van der Waals surface area contributed by atoms with Crippen LogP contribution in [0, 0.1) is 17.8 Å². The highest BCUT2D eigenvalue weighted by molar-refractivity contribution is 5.69. The Morgan fingerprint density at radius 2 is 2.00 bits per heavy atom. The Kier molecular flexibility index (Phi) is 9.22. The van der Waals surface area contributed by atoms with Crippen molar-refractivity contribution < 1.29 is 28.8 Å². The monoisotopic (exact) mass is 412 g/mol. The fraction of sp³-hybridized carbons (Fsp3) is 0.957. The summed E-state index contributed by atoms with van der Waals surface area (Å²) in [5.74, 6) is 1.20. The van der Waals surface area contributed by atoms with Gasteiger partial charge < -0.3 is 24.1 Å². The molecule has 1 unspecified atom stereocenters. The zero-order valence-electron chi connectivity index (χ0n) is 18.2. The van der Waals surface area contributed by atoms with Crippen molar-refractivity contribution >= 4 is 5.97 Å². The number of carbonyl (C=O) groups is 1. The minimum Gasteiger partial charge on any atom is -0.463 e. The predicted molar refractivity (Wildman–Crippen MR) is 109 cm³/mol. The van der Waals surface area contributed by atoms with Crippen LogP contribution in [0.2, 0.25) is 0 Å². The number of aliphatic hydroxyl groups is 1. The normalized spacial score (nSPS) is 35.3. The summed E-state index contributed by atoms with van der Waals surface area (Å²) in [6.07, 6.45) is 9.74. The summed E-state index contributed by atoms with van der Waals surface area (Å²) in [5, 5.41) is 9.62. The topological polar surface area (TPSA) is 74.2 Å². The molecule has 1 N–H and O–H groups in total. The first-order valence-electron chi connectivity index (χ1n) is 11.8. The van der Waals surface area contributed by atoms with Crippen LogP contribution in [0.25, 0.3) is 0 Å². The van der Waals surface area contributed by atoms with E-state index in [1.807, 2.05) is 13.8 Å². The zero-order chi connectivity index (χ0) is 20.6. The first-order chi connectivity index (χ1) is 14.1. The first kappa shape index (κ1) is 23.0. The van der Waals surface area contributed by atoms with Crippen molar-refractivity contribution in [1.29, 1.82) is 0 Å². The lowest BCUT2D eigenvalue weighted by molar-refractivity contribution is -0.197. The third kappa shape index (κ3) is 6.91. The van der Waals surface area contributed by atoms with Crippen molar-refractivity contribution in [3.63, 3.8) is 0 Å². The van der Waals surface area contributed by atoms with Gasteiger partial charge in [-0.05, 0) is 83.0 Å². The number of hydrogen-bond acceptors (Lipinski definition) is 6. The molecule has 3 rings (SSSR count). The van der Waals surface area contributed by atoms with Gasteiger partial charge in [-0.3, -0.25) is 4.79 Å². The smallest absolute Gasteiger partial charge is 0.306 e. The number of carbonyl (C=O) groups excluding carboxylic acids is 1. The van der Waals surface area contributed by atoms with E-state index in [9.17, 15) is 9.90 Å². The van der Waals surface area contributed by atoms with E-state index < -0.39 is 0 Å². The van der Waals surface area contributed by atoms with Gasteiger partial charge in [-0.2, -0.15) is 0 Å². The van der Waals surface area contributed by atoms with E-state index in [2.05, 4.69) is 0 Å². The van der Waals surface area contributed by atoms with Gasteiger partial charge in [0.2, 0.25) is 0 Å². The number of esters is 1. The third-order valence-electron chi connectivity index (χ3n) is 6.71. The molecule has 3 aliphatic rings. The second-order valence-corrected chi connectivity index (χ2v) is 9.29. The number of rotatable bonds is 9. The minimum absolute atomic E-state index is 0.0410. The van der Waals surface area contributed by atoms with E-state index in [0.29, 0.717) is 24.2 Å². The molecule has 168 valence electrons. The molecule has 0 aromatic heterocycles. The van der Waals surface area contributed by atoms with Crippen molar-refractivity contribution in [2.75, 3.05) is 19.8 Å². The molecule has 6 nitrogen and oxygen atoms in total. The molecule has 0 bridgehead atoms. The lowest BCUT2D eigenvalue weighted by Crippen LogP contribution is -2.31. The van der Waals surface area contributed by atoms with Crippen molar-refractivity contribution in [1.82, 2.24) is 0 Å². The van der Waals surface area contributed by atoms with Gasteiger partial charge >= 0.3 is 5.97 Å². The van der Waals surface area contributed by atoms with Crippen molar-refractivity contribution in [2.24, 2.45) is 17.8 Å². The van der Waals surface area contributed by atoms with E-state index in [0.717, 1.165) is 71.0 Å². The summed E-state index contributed by atoms with van der Waals surface area (Å²) < 4.78 is 23.7. The summed E-state index contributed by atoms with van der Waals surface area (Å²) in [5.41, 5.74) is 0. The summed E-state index contributed by atoms with van der Waals surface area (Å²) in [6.45, 7) is 5.52. The van der Waals surface area contributed by atoms with Crippen LogP contribution in [0.1, 0.15) is 78.1 Å². The SMILES string of the molecule is CC(C)OC(=O)CCC[C@H]1CC[C@@H]2[C@@H](CCO)[C@H](OC3CCCCO3)C[C@@H]2OC1. The lowest BCUT2D eigenvalue weighted by Gasteiger charge is -2.30. The summed E-state index contributed by atoms with van der Waals surface area (Å²) in [7, 11) is 0. The Morgan fingerprint density at radius 3 is 2.72 bits per heavy atom. The highest BCUT2D eigenvalue weighted by Gasteiger charge is 2.46. The second-order valence-electron chi connectivity index (χ2n) is 9.29. The van der Waals surface area contributed by atoms with Gasteiger partial charge in [0.25, 0.3) is 0 Å². The van der Waals surface area contributed by atoms with Crippen LogP contribution < -0.4 is 0 Å². The highest BCUT2D eigenvalue weighted by Crippen LogP contribution is 2.44. The number of fused-ring (bicyclic) bond motifs is 1. The van der Waals surface area contributed by atoms with Crippen LogP contribution >= 0.6 is 0 Å². The van der Waals surface area contributed by atoms with Crippen molar-refractivity contribution in [3.8, 4) is 0 Å². The maximum absolute atomic E-state index is 11.7. The van der Waals surface area contributed by atoms with E-state index in [1.165, 1.54) is 0 Å². The fourth-order valence-corrected chi connectivity index (χ4v) is 5.30. The van der Waals surface area contributed by atoms with E-state index >= 15 is 0 Å². The van der Waals surface area contributed by atoms with Crippen molar-refractivity contribution in [2.45, 2.75) is 103 Å². The molecule has 0 radical (unpaired) electrons. The van der Waals surface area contributed by atoms with Crippen LogP contribution in [-0.2, 0) is 23.7 Å². The van der Waals surface area contributed by atoms with Gasteiger partial charge in [-0.1, -0.05) is 0 Å². The zero-order valence-corrected chi connectivity index (χ0v) is 18.2. The van der Waals surface area contributed by atoms with Crippen LogP contribution in [0.15, 0.2) is 0 Å². The average molecular weight is 413 g/mol.